The predicted molar refractivity (Wildman–Crippen MR) is 141 cm³/mol. The fourth-order valence-electron chi connectivity index (χ4n) is 5.04. The molecule has 2 aliphatic rings. The highest BCUT2D eigenvalue weighted by Crippen LogP contribution is 2.35. The second-order valence-electron chi connectivity index (χ2n) is 9.24. The summed E-state index contributed by atoms with van der Waals surface area (Å²) in [6.45, 7) is 1.87. The van der Waals surface area contributed by atoms with Gasteiger partial charge in [-0.15, -0.1) is 0 Å². The maximum atomic E-state index is 12.7. The number of carbonyl (C=O) groups excluding carboxylic acids is 2. The van der Waals surface area contributed by atoms with Crippen molar-refractivity contribution in [1.82, 2.24) is 5.32 Å². The Bertz CT molecular complexity index is 1260. The molecule has 2 N–H and O–H groups in total. The number of carbonyl (C=O) groups is 2. The molecular formula is C28H29N4O5-. The van der Waals surface area contributed by atoms with E-state index in [4.69, 9.17) is 4.74 Å². The van der Waals surface area contributed by atoms with Crippen LogP contribution in [0, 0.1) is 5.21 Å². The average Bonchev–Trinajstić information content (AvgIpc) is 2.93. The van der Waals surface area contributed by atoms with Crippen LogP contribution in [0.1, 0.15) is 34.3 Å². The minimum Gasteiger partial charge on any atom is -0.733 e. The first-order chi connectivity index (χ1) is 18.0. The molecule has 0 spiro atoms. The zero-order valence-electron chi connectivity index (χ0n) is 20.4. The number of para-hydroxylation sites is 1. The van der Waals surface area contributed by atoms with Crippen molar-refractivity contribution < 1.29 is 19.5 Å². The van der Waals surface area contributed by atoms with Gasteiger partial charge in [-0.05, 0) is 49.1 Å². The molecule has 0 radical (unpaired) electrons. The lowest BCUT2D eigenvalue weighted by atomic mass is 9.99. The van der Waals surface area contributed by atoms with Gasteiger partial charge in [0.1, 0.15) is 6.61 Å². The van der Waals surface area contributed by atoms with Crippen LogP contribution in [0.2, 0.25) is 0 Å². The highest BCUT2D eigenvalue weighted by molar-refractivity contribution is 5.96. The van der Waals surface area contributed by atoms with E-state index in [-0.39, 0.29) is 35.6 Å². The number of piperidine rings is 1. The fraction of sp³-hybridized carbons (Fsp3) is 0.286. The molecule has 0 saturated carbocycles. The zero-order valence-corrected chi connectivity index (χ0v) is 20.4. The highest BCUT2D eigenvalue weighted by Gasteiger charge is 2.34. The Labute approximate surface area is 215 Å². The number of hydrogen-bond donors (Lipinski definition) is 2. The number of rotatable bonds is 7. The number of hydrogen-bond acceptors (Lipinski definition) is 7. The van der Waals surface area contributed by atoms with Crippen molar-refractivity contribution in [2.45, 2.75) is 31.9 Å². The van der Waals surface area contributed by atoms with E-state index in [0.29, 0.717) is 50.1 Å². The van der Waals surface area contributed by atoms with Crippen LogP contribution in [0.4, 0.5) is 21.9 Å². The Hall–Kier alpha value is -4.08. The van der Waals surface area contributed by atoms with Crippen molar-refractivity contribution in [3.05, 3.63) is 94.7 Å². The second-order valence-corrected chi connectivity index (χ2v) is 9.24. The van der Waals surface area contributed by atoms with Gasteiger partial charge in [0.05, 0.1) is 17.1 Å². The van der Waals surface area contributed by atoms with Crippen molar-refractivity contribution in [2.24, 2.45) is 0 Å². The SMILES string of the molecule is O=C(NCCc1ccccc1)c1ccc(N2CCC(N3C(=O)OCc4ccccc43)CC2)c(N([O-])O)c1. The highest BCUT2D eigenvalue weighted by atomic mass is 16.8. The van der Waals surface area contributed by atoms with E-state index >= 15 is 0 Å². The van der Waals surface area contributed by atoms with Crippen molar-refractivity contribution in [2.75, 3.05) is 34.7 Å². The third-order valence-electron chi connectivity index (χ3n) is 6.96. The van der Waals surface area contributed by atoms with Crippen LogP contribution in [-0.2, 0) is 17.8 Å². The van der Waals surface area contributed by atoms with Gasteiger partial charge in [-0.2, -0.15) is 0 Å². The van der Waals surface area contributed by atoms with Crippen LogP contribution in [0.15, 0.2) is 72.8 Å². The summed E-state index contributed by atoms with van der Waals surface area (Å²) in [6.07, 6.45) is 1.67. The van der Waals surface area contributed by atoms with Crippen LogP contribution in [-0.4, -0.2) is 42.9 Å². The summed E-state index contributed by atoms with van der Waals surface area (Å²) in [5.41, 5.74) is 3.82. The van der Waals surface area contributed by atoms with Crippen LogP contribution in [0.3, 0.4) is 0 Å². The van der Waals surface area contributed by atoms with Gasteiger partial charge in [0.15, 0.2) is 0 Å². The lowest BCUT2D eigenvalue weighted by Crippen LogP contribution is -2.49. The molecule has 2 heterocycles. The first-order valence-electron chi connectivity index (χ1n) is 12.4. The Morgan fingerprint density at radius 1 is 1.03 bits per heavy atom. The number of fused-ring (bicyclic) bond motifs is 1. The van der Waals surface area contributed by atoms with Crippen LogP contribution >= 0.6 is 0 Å². The number of anilines is 3. The van der Waals surface area contributed by atoms with Crippen LogP contribution in [0.5, 0.6) is 0 Å². The van der Waals surface area contributed by atoms with Gasteiger partial charge in [-0.25, -0.2) is 4.79 Å². The average molecular weight is 502 g/mol. The lowest BCUT2D eigenvalue weighted by molar-refractivity contribution is 0.0954. The molecule has 37 heavy (non-hydrogen) atoms. The number of cyclic esters (lactones) is 1. The Morgan fingerprint density at radius 3 is 2.51 bits per heavy atom. The van der Waals surface area contributed by atoms with Gasteiger partial charge in [-0.3, -0.25) is 14.9 Å². The number of nitrogens with one attached hydrogen (secondary N) is 1. The third kappa shape index (κ3) is 5.37. The maximum absolute atomic E-state index is 12.7. The summed E-state index contributed by atoms with van der Waals surface area (Å²) in [6, 6.07) is 22.3. The van der Waals surface area contributed by atoms with E-state index in [1.54, 1.807) is 17.0 Å². The molecule has 5 rings (SSSR count). The topological polar surface area (TPSA) is 108 Å². The number of amides is 2. The first kappa shape index (κ1) is 24.6. The van der Waals surface area contributed by atoms with Crippen molar-refractivity contribution in [3.8, 4) is 0 Å². The van der Waals surface area contributed by atoms with Crippen molar-refractivity contribution >= 4 is 29.1 Å². The van der Waals surface area contributed by atoms with Gasteiger partial charge in [0.2, 0.25) is 0 Å². The van der Waals surface area contributed by atoms with Crippen molar-refractivity contribution in [3.63, 3.8) is 0 Å². The monoisotopic (exact) mass is 501 g/mol. The normalized spacial score (nSPS) is 15.7. The quantitative estimate of drug-likeness (QED) is 0.460. The summed E-state index contributed by atoms with van der Waals surface area (Å²) >= 11 is 0. The molecule has 0 bridgehead atoms. The number of benzene rings is 3. The summed E-state index contributed by atoms with van der Waals surface area (Å²) in [5.74, 6) is -0.313. The smallest absolute Gasteiger partial charge is 0.414 e. The largest absolute Gasteiger partial charge is 0.733 e. The molecule has 0 atom stereocenters. The van der Waals surface area contributed by atoms with Crippen LogP contribution < -0.4 is 20.3 Å². The molecule has 2 aliphatic heterocycles. The van der Waals surface area contributed by atoms with Crippen LogP contribution in [0.25, 0.3) is 0 Å². The molecule has 1 saturated heterocycles. The molecule has 2 amide bonds. The minimum atomic E-state index is -0.346. The summed E-state index contributed by atoms with van der Waals surface area (Å²) in [7, 11) is 0. The van der Waals surface area contributed by atoms with Gasteiger partial charge in [-0.1, -0.05) is 48.5 Å². The minimum absolute atomic E-state index is 0.0110. The first-order valence-corrected chi connectivity index (χ1v) is 12.4. The molecule has 0 unspecified atom stereocenters. The fourth-order valence-corrected chi connectivity index (χ4v) is 5.04. The molecule has 9 nitrogen and oxygen atoms in total. The Morgan fingerprint density at radius 2 is 1.76 bits per heavy atom. The molecule has 9 heteroatoms. The summed E-state index contributed by atoms with van der Waals surface area (Å²) in [4.78, 5) is 29.0. The summed E-state index contributed by atoms with van der Waals surface area (Å²) in [5, 5.41) is 24.5. The zero-order chi connectivity index (χ0) is 25.8. The Balaban J connectivity index is 1.24. The summed E-state index contributed by atoms with van der Waals surface area (Å²) < 4.78 is 5.38. The molecule has 0 aliphatic carbocycles. The lowest BCUT2D eigenvalue weighted by Gasteiger charge is -2.42. The molecule has 3 aromatic rings. The van der Waals surface area contributed by atoms with Gasteiger partial charge >= 0.3 is 6.09 Å². The maximum Gasteiger partial charge on any atom is 0.414 e. The molecule has 3 aromatic carbocycles. The van der Waals surface area contributed by atoms with E-state index in [1.807, 2.05) is 59.5 Å². The van der Waals surface area contributed by atoms with E-state index in [0.717, 1.165) is 16.8 Å². The van der Waals surface area contributed by atoms with Crippen molar-refractivity contribution in [1.29, 1.82) is 0 Å². The van der Waals surface area contributed by atoms with Gasteiger partial charge in [0.25, 0.3) is 5.91 Å². The van der Waals surface area contributed by atoms with E-state index < -0.39 is 0 Å². The molecular weight excluding hydrogens is 472 g/mol. The Kier molecular flexibility index (Phi) is 7.25. The molecule has 1 fully saturated rings. The molecule has 192 valence electrons. The standard InChI is InChI=1S/C28H29N4O5/c33-27(29-15-12-20-6-2-1-3-7-20)21-10-11-25(26(18-21)32(35)36)30-16-13-23(14-17-30)31-24-9-5-4-8-22(24)19-37-28(31)34/h1-11,18,23,35H,12-17,19H2,(H,29,33)/q-1. The number of ether oxygens (including phenoxy) is 1. The van der Waals surface area contributed by atoms with Gasteiger partial charge < -0.3 is 25.4 Å². The second kappa shape index (κ2) is 10.9. The van der Waals surface area contributed by atoms with E-state index in [1.165, 1.54) is 6.07 Å². The van der Waals surface area contributed by atoms with Gasteiger partial charge in [0, 0.05) is 36.8 Å². The van der Waals surface area contributed by atoms with E-state index in [2.05, 4.69) is 5.32 Å². The third-order valence-corrected chi connectivity index (χ3v) is 6.96. The van der Waals surface area contributed by atoms with E-state index in [9.17, 15) is 20.0 Å². The predicted octanol–water partition coefficient (Wildman–Crippen LogP) is 4.48. The molecule has 0 aromatic heterocycles. The number of nitrogens with zero attached hydrogens (tertiary/aromatic N) is 3.